The van der Waals surface area contributed by atoms with Crippen LogP contribution < -0.4 is 11.1 Å². The SMILES string of the molecule is CC(C)N1C(=NC(=O)c2ccc(C(=N)N)cc2)SC(C(=O)NCCC(=O)O)C1C. The molecule has 2 amide bonds. The van der Waals surface area contributed by atoms with E-state index in [1.165, 1.54) is 11.8 Å². The molecule has 2 unspecified atom stereocenters. The third-order valence-electron chi connectivity index (χ3n) is 4.42. The van der Waals surface area contributed by atoms with Crippen molar-refractivity contribution in [2.75, 3.05) is 6.54 Å². The van der Waals surface area contributed by atoms with Crippen molar-refractivity contribution >= 4 is 40.5 Å². The highest BCUT2D eigenvalue weighted by atomic mass is 32.2. The van der Waals surface area contributed by atoms with Gasteiger partial charge in [0, 0.05) is 29.8 Å². The lowest BCUT2D eigenvalue weighted by Gasteiger charge is -2.28. The maximum atomic E-state index is 12.6. The monoisotopic (exact) mass is 419 g/mol. The summed E-state index contributed by atoms with van der Waals surface area (Å²) in [7, 11) is 0. The van der Waals surface area contributed by atoms with Crippen LogP contribution in [0.2, 0.25) is 0 Å². The zero-order valence-electron chi connectivity index (χ0n) is 16.5. The van der Waals surface area contributed by atoms with Crippen LogP contribution in [0.4, 0.5) is 0 Å². The number of carbonyl (C=O) groups excluding carboxylic acids is 2. The number of rotatable bonds is 7. The normalized spacial score (nSPS) is 20.1. The lowest BCUT2D eigenvalue weighted by Crippen LogP contribution is -2.45. The van der Waals surface area contributed by atoms with Crippen molar-refractivity contribution in [1.82, 2.24) is 10.2 Å². The van der Waals surface area contributed by atoms with Crippen molar-refractivity contribution < 1.29 is 19.5 Å². The molecule has 156 valence electrons. The quantitative estimate of drug-likeness (QED) is 0.384. The molecule has 10 heteroatoms. The molecule has 0 aromatic heterocycles. The van der Waals surface area contributed by atoms with E-state index in [0.717, 1.165) is 0 Å². The van der Waals surface area contributed by atoms with Crippen LogP contribution in [0.5, 0.6) is 0 Å². The van der Waals surface area contributed by atoms with E-state index >= 15 is 0 Å². The number of aliphatic carboxylic acids is 1. The van der Waals surface area contributed by atoms with Crippen molar-refractivity contribution in [2.24, 2.45) is 10.7 Å². The second-order valence-corrected chi connectivity index (χ2v) is 8.01. The molecule has 2 atom stereocenters. The molecule has 5 N–H and O–H groups in total. The van der Waals surface area contributed by atoms with E-state index in [0.29, 0.717) is 16.3 Å². The van der Waals surface area contributed by atoms with Crippen LogP contribution in [-0.2, 0) is 9.59 Å². The third kappa shape index (κ3) is 5.57. The van der Waals surface area contributed by atoms with Crippen molar-refractivity contribution in [2.45, 2.75) is 44.5 Å². The Bertz CT molecular complexity index is 838. The minimum Gasteiger partial charge on any atom is -0.481 e. The molecular weight excluding hydrogens is 394 g/mol. The Morgan fingerprint density at radius 1 is 1.28 bits per heavy atom. The highest BCUT2D eigenvalue weighted by Gasteiger charge is 2.42. The first-order valence-corrected chi connectivity index (χ1v) is 10.0. The van der Waals surface area contributed by atoms with Crippen LogP contribution in [0, 0.1) is 5.41 Å². The number of carboxylic acid groups (broad SMARTS) is 1. The minimum atomic E-state index is -0.982. The zero-order valence-corrected chi connectivity index (χ0v) is 17.3. The average molecular weight is 420 g/mol. The maximum absolute atomic E-state index is 12.6. The van der Waals surface area contributed by atoms with E-state index in [9.17, 15) is 14.4 Å². The number of nitrogens with one attached hydrogen (secondary N) is 2. The van der Waals surface area contributed by atoms with Crippen LogP contribution in [0.3, 0.4) is 0 Å². The summed E-state index contributed by atoms with van der Waals surface area (Å²) < 4.78 is 0. The fourth-order valence-corrected chi connectivity index (χ4v) is 4.36. The summed E-state index contributed by atoms with van der Waals surface area (Å²) in [5.41, 5.74) is 6.29. The van der Waals surface area contributed by atoms with Crippen molar-refractivity contribution in [3.8, 4) is 0 Å². The number of carbonyl (C=O) groups is 3. The van der Waals surface area contributed by atoms with Crippen LogP contribution in [0.25, 0.3) is 0 Å². The number of amides is 2. The molecule has 1 heterocycles. The van der Waals surface area contributed by atoms with Crippen LogP contribution in [-0.4, -0.2) is 62.7 Å². The fourth-order valence-electron chi connectivity index (χ4n) is 2.98. The summed E-state index contributed by atoms with van der Waals surface area (Å²) in [5, 5.41) is 18.7. The van der Waals surface area contributed by atoms with E-state index in [2.05, 4.69) is 10.3 Å². The smallest absolute Gasteiger partial charge is 0.305 e. The van der Waals surface area contributed by atoms with Gasteiger partial charge in [-0.1, -0.05) is 23.9 Å². The predicted octanol–water partition coefficient (Wildman–Crippen LogP) is 1.27. The Kier molecular flexibility index (Phi) is 7.38. The fraction of sp³-hybridized carbons (Fsp3) is 0.421. The number of hydrogen-bond donors (Lipinski definition) is 4. The second kappa shape index (κ2) is 9.55. The molecule has 0 aliphatic carbocycles. The number of nitrogens with zero attached hydrogens (tertiary/aromatic N) is 2. The Morgan fingerprint density at radius 2 is 1.86 bits per heavy atom. The molecule has 0 radical (unpaired) electrons. The molecule has 1 aromatic carbocycles. The second-order valence-electron chi connectivity index (χ2n) is 6.91. The number of thioether (sulfide) groups is 1. The highest BCUT2D eigenvalue weighted by Crippen LogP contribution is 2.33. The summed E-state index contributed by atoms with van der Waals surface area (Å²) in [4.78, 5) is 41.9. The molecule has 1 aromatic rings. The summed E-state index contributed by atoms with van der Waals surface area (Å²) >= 11 is 1.19. The number of nitrogens with two attached hydrogens (primary N) is 1. The van der Waals surface area contributed by atoms with E-state index in [1.807, 2.05) is 25.7 Å². The Morgan fingerprint density at radius 3 is 2.38 bits per heavy atom. The first kappa shape index (κ1) is 22.4. The van der Waals surface area contributed by atoms with Gasteiger partial charge in [-0.2, -0.15) is 4.99 Å². The molecule has 0 bridgehead atoms. The lowest BCUT2D eigenvalue weighted by molar-refractivity contribution is -0.136. The van der Waals surface area contributed by atoms with Gasteiger partial charge in [0.15, 0.2) is 5.17 Å². The van der Waals surface area contributed by atoms with Gasteiger partial charge < -0.3 is 21.1 Å². The number of hydrogen-bond acceptors (Lipinski definition) is 5. The molecular formula is C19H25N5O4S. The Labute approximate surface area is 173 Å². The Balaban J connectivity index is 2.18. The maximum Gasteiger partial charge on any atom is 0.305 e. The third-order valence-corrected chi connectivity index (χ3v) is 5.80. The standard InChI is InChI=1S/C19H25N5O4S/c1-10(2)24-11(3)15(18(28)22-9-8-14(25)26)29-19(24)23-17(27)13-6-4-12(5-7-13)16(20)21/h4-7,10-11,15H,8-9H2,1-3H3,(H3,20,21)(H,22,28)(H,25,26). The van der Waals surface area contributed by atoms with Gasteiger partial charge >= 0.3 is 5.97 Å². The number of aliphatic imine (C=N–C) groups is 1. The van der Waals surface area contributed by atoms with Gasteiger partial charge in [-0.3, -0.25) is 19.8 Å². The number of nitrogen functional groups attached to an aromatic ring is 1. The van der Waals surface area contributed by atoms with Gasteiger partial charge in [0.1, 0.15) is 11.1 Å². The van der Waals surface area contributed by atoms with Gasteiger partial charge in [0.05, 0.1) is 6.42 Å². The summed E-state index contributed by atoms with van der Waals surface area (Å²) in [6, 6.07) is 6.08. The van der Waals surface area contributed by atoms with Gasteiger partial charge in [-0.05, 0) is 32.9 Å². The lowest BCUT2D eigenvalue weighted by atomic mass is 10.1. The first-order valence-electron chi connectivity index (χ1n) is 9.13. The largest absolute Gasteiger partial charge is 0.481 e. The number of amidine groups is 2. The van der Waals surface area contributed by atoms with Gasteiger partial charge in [0.25, 0.3) is 5.91 Å². The van der Waals surface area contributed by atoms with Crippen LogP contribution >= 0.6 is 11.8 Å². The van der Waals surface area contributed by atoms with Crippen LogP contribution in [0.1, 0.15) is 43.1 Å². The average Bonchev–Trinajstić information content (AvgIpc) is 2.97. The minimum absolute atomic E-state index is 0.0148. The summed E-state index contributed by atoms with van der Waals surface area (Å²) in [6.45, 7) is 5.82. The summed E-state index contributed by atoms with van der Waals surface area (Å²) in [6.07, 6.45) is -0.152. The van der Waals surface area contributed by atoms with Gasteiger partial charge in [0.2, 0.25) is 5.91 Å². The van der Waals surface area contributed by atoms with Crippen LogP contribution in [0.15, 0.2) is 29.3 Å². The zero-order chi connectivity index (χ0) is 21.7. The van der Waals surface area contributed by atoms with E-state index in [1.54, 1.807) is 24.3 Å². The first-order chi connectivity index (χ1) is 13.6. The molecule has 29 heavy (non-hydrogen) atoms. The van der Waals surface area contributed by atoms with E-state index in [4.69, 9.17) is 16.2 Å². The molecule has 2 rings (SSSR count). The van der Waals surface area contributed by atoms with E-state index in [-0.39, 0.29) is 36.8 Å². The molecule has 1 aliphatic rings. The molecule has 1 aliphatic heterocycles. The topological polar surface area (TPSA) is 149 Å². The van der Waals surface area contributed by atoms with E-state index < -0.39 is 17.1 Å². The molecule has 1 saturated heterocycles. The van der Waals surface area contributed by atoms with Gasteiger partial charge in [-0.25, -0.2) is 0 Å². The molecule has 0 spiro atoms. The molecule has 9 nitrogen and oxygen atoms in total. The Hall–Kier alpha value is -2.88. The molecule has 0 saturated carbocycles. The van der Waals surface area contributed by atoms with Gasteiger partial charge in [-0.15, -0.1) is 0 Å². The number of benzene rings is 1. The highest BCUT2D eigenvalue weighted by molar-refractivity contribution is 8.15. The van der Waals surface area contributed by atoms with Crippen molar-refractivity contribution in [1.29, 1.82) is 5.41 Å². The number of carboxylic acids is 1. The summed E-state index contributed by atoms with van der Waals surface area (Å²) in [5.74, 6) is -1.80. The van der Waals surface area contributed by atoms with Crippen molar-refractivity contribution in [3.63, 3.8) is 0 Å². The molecule has 1 fully saturated rings. The predicted molar refractivity (Wildman–Crippen MR) is 112 cm³/mol. The van der Waals surface area contributed by atoms with Crippen molar-refractivity contribution in [3.05, 3.63) is 35.4 Å².